The first-order chi connectivity index (χ1) is 13.6. The first kappa shape index (κ1) is 19.4. The monoisotopic (exact) mass is 401 g/mol. The zero-order valence-corrected chi connectivity index (χ0v) is 16.8. The number of sulfonamides is 1. The number of nitrogens with one attached hydrogen (secondary N) is 1. The summed E-state index contributed by atoms with van der Waals surface area (Å²) in [6, 6.07) is 11.6. The summed E-state index contributed by atoms with van der Waals surface area (Å²) in [6.07, 6.45) is 7.44. The molecular weight excluding hydrogens is 374 g/mol. The van der Waals surface area contributed by atoms with Gasteiger partial charge < -0.3 is 4.74 Å². The smallest absolute Gasteiger partial charge is 0.242 e. The molecule has 2 aromatic rings. The van der Waals surface area contributed by atoms with Gasteiger partial charge in [-0.25, -0.2) is 13.1 Å². The molecule has 1 N–H and O–H groups in total. The van der Waals surface area contributed by atoms with Gasteiger partial charge in [-0.05, 0) is 74.5 Å². The zero-order valence-electron chi connectivity index (χ0n) is 16.0. The Morgan fingerprint density at radius 2 is 1.86 bits per heavy atom. The summed E-state index contributed by atoms with van der Waals surface area (Å²) in [5.41, 5.74) is 1.32. The van der Waals surface area contributed by atoms with Crippen molar-refractivity contribution in [1.82, 2.24) is 14.6 Å². The summed E-state index contributed by atoms with van der Waals surface area (Å²) in [5.74, 6) is 1.20. The first-order valence-corrected chi connectivity index (χ1v) is 11.4. The lowest BCUT2D eigenvalue weighted by atomic mass is 9.82. The van der Waals surface area contributed by atoms with Crippen LogP contribution in [0.5, 0.6) is 5.75 Å². The standard InChI is InChI=1S/C21H27N3O3S/c25-28(26,21-4-3-9-22-15-21)23-14-18-12-20(13-18)27-19-7-5-17(6-8-19)16-24-10-1-2-11-24/h3-9,15,18,20,23H,1-2,10-14,16H2. The van der Waals surface area contributed by atoms with Crippen LogP contribution in [-0.2, 0) is 16.6 Å². The van der Waals surface area contributed by atoms with Crippen molar-refractivity contribution in [3.8, 4) is 5.75 Å². The van der Waals surface area contributed by atoms with Gasteiger partial charge in [0.25, 0.3) is 0 Å². The molecule has 0 atom stereocenters. The number of pyridine rings is 1. The van der Waals surface area contributed by atoms with Crippen LogP contribution in [0.15, 0.2) is 53.7 Å². The van der Waals surface area contributed by atoms with Crippen molar-refractivity contribution in [3.05, 3.63) is 54.4 Å². The van der Waals surface area contributed by atoms with Gasteiger partial charge in [0.2, 0.25) is 10.0 Å². The van der Waals surface area contributed by atoms with Crippen LogP contribution in [-0.4, -0.2) is 44.0 Å². The quantitative estimate of drug-likeness (QED) is 0.736. The third-order valence-corrected chi connectivity index (χ3v) is 6.94. The number of benzene rings is 1. The van der Waals surface area contributed by atoms with Crippen LogP contribution >= 0.6 is 0 Å². The fourth-order valence-corrected chi connectivity index (χ4v) is 4.90. The molecule has 1 aromatic carbocycles. The molecule has 1 aliphatic carbocycles. The van der Waals surface area contributed by atoms with E-state index in [0.29, 0.717) is 12.5 Å². The van der Waals surface area contributed by atoms with E-state index in [4.69, 9.17) is 4.74 Å². The second-order valence-electron chi connectivity index (χ2n) is 7.75. The van der Waals surface area contributed by atoms with E-state index in [1.165, 1.54) is 37.7 Å². The Morgan fingerprint density at radius 3 is 2.54 bits per heavy atom. The van der Waals surface area contributed by atoms with Gasteiger partial charge in [0.05, 0.1) is 6.10 Å². The van der Waals surface area contributed by atoms with Crippen molar-refractivity contribution in [2.24, 2.45) is 5.92 Å². The van der Waals surface area contributed by atoms with Gasteiger partial charge in [0.15, 0.2) is 0 Å². The molecule has 0 bridgehead atoms. The molecular formula is C21H27N3O3S. The van der Waals surface area contributed by atoms with Crippen LogP contribution in [0.1, 0.15) is 31.2 Å². The van der Waals surface area contributed by atoms with Gasteiger partial charge in [-0.15, -0.1) is 0 Å². The van der Waals surface area contributed by atoms with E-state index in [0.717, 1.165) is 25.1 Å². The number of rotatable bonds is 8. The maximum absolute atomic E-state index is 12.2. The van der Waals surface area contributed by atoms with Crippen molar-refractivity contribution in [1.29, 1.82) is 0 Å². The predicted molar refractivity (Wildman–Crippen MR) is 108 cm³/mol. The normalized spacial score (nSPS) is 22.7. The molecule has 1 aromatic heterocycles. The number of likely N-dealkylation sites (tertiary alicyclic amines) is 1. The number of hydrogen-bond acceptors (Lipinski definition) is 5. The SMILES string of the molecule is O=S(=O)(NCC1CC(Oc2ccc(CN3CCCC3)cc2)C1)c1cccnc1. The highest BCUT2D eigenvalue weighted by Gasteiger charge is 2.32. The van der Waals surface area contributed by atoms with E-state index >= 15 is 0 Å². The molecule has 2 heterocycles. The molecule has 0 spiro atoms. The van der Waals surface area contributed by atoms with Gasteiger partial charge in [-0.3, -0.25) is 9.88 Å². The van der Waals surface area contributed by atoms with E-state index in [2.05, 4.69) is 26.7 Å². The van der Waals surface area contributed by atoms with Crippen molar-refractivity contribution in [2.75, 3.05) is 19.6 Å². The molecule has 0 unspecified atom stereocenters. The van der Waals surface area contributed by atoms with Crippen LogP contribution in [0.25, 0.3) is 0 Å². The lowest BCUT2D eigenvalue weighted by molar-refractivity contribution is 0.0673. The lowest BCUT2D eigenvalue weighted by Gasteiger charge is -2.35. The van der Waals surface area contributed by atoms with Gasteiger partial charge in [-0.1, -0.05) is 12.1 Å². The fraction of sp³-hybridized carbons (Fsp3) is 0.476. The Hall–Kier alpha value is -1.96. The maximum atomic E-state index is 12.2. The molecule has 0 amide bonds. The summed E-state index contributed by atoms with van der Waals surface area (Å²) >= 11 is 0. The highest BCUT2D eigenvalue weighted by Crippen LogP contribution is 2.31. The Labute approximate surface area is 167 Å². The molecule has 0 radical (unpaired) electrons. The minimum atomic E-state index is -3.48. The van der Waals surface area contributed by atoms with Crippen molar-refractivity contribution in [2.45, 2.75) is 43.2 Å². The van der Waals surface area contributed by atoms with Gasteiger partial charge in [0.1, 0.15) is 10.6 Å². The molecule has 6 nitrogen and oxygen atoms in total. The Kier molecular flexibility index (Phi) is 5.94. The molecule has 1 saturated heterocycles. The Morgan fingerprint density at radius 1 is 1.11 bits per heavy atom. The molecule has 28 heavy (non-hydrogen) atoms. The second kappa shape index (κ2) is 8.59. The Bertz CT molecular complexity index is 860. The summed E-state index contributed by atoms with van der Waals surface area (Å²) in [5, 5.41) is 0. The molecule has 150 valence electrons. The minimum Gasteiger partial charge on any atom is -0.490 e. The van der Waals surface area contributed by atoms with E-state index in [1.807, 2.05) is 12.1 Å². The van der Waals surface area contributed by atoms with Crippen LogP contribution < -0.4 is 9.46 Å². The predicted octanol–water partition coefficient (Wildman–Crippen LogP) is 2.81. The average molecular weight is 402 g/mol. The van der Waals surface area contributed by atoms with Crippen LogP contribution in [0.2, 0.25) is 0 Å². The number of ether oxygens (including phenoxy) is 1. The minimum absolute atomic E-state index is 0.164. The zero-order chi connectivity index (χ0) is 19.4. The van der Waals surface area contributed by atoms with Crippen molar-refractivity contribution >= 4 is 10.0 Å². The second-order valence-corrected chi connectivity index (χ2v) is 9.51. The number of nitrogens with zero attached hydrogens (tertiary/aromatic N) is 2. The van der Waals surface area contributed by atoms with Crippen molar-refractivity contribution in [3.63, 3.8) is 0 Å². The molecule has 1 aliphatic heterocycles. The van der Waals surface area contributed by atoms with E-state index in [1.54, 1.807) is 18.3 Å². The summed E-state index contributed by atoms with van der Waals surface area (Å²) in [7, 11) is -3.48. The van der Waals surface area contributed by atoms with Crippen LogP contribution in [0.3, 0.4) is 0 Å². The largest absolute Gasteiger partial charge is 0.490 e. The summed E-state index contributed by atoms with van der Waals surface area (Å²) in [6.45, 7) is 3.85. The summed E-state index contributed by atoms with van der Waals surface area (Å²) in [4.78, 5) is 6.55. The maximum Gasteiger partial charge on any atom is 0.242 e. The van der Waals surface area contributed by atoms with Gasteiger partial charge in [0, 0.05) is 25.5 Å². The highest BCUT2D eigenvalue weighted by atomic mass is 32.2. The topological polar surface area (TPSA) is 71.5 Å². The first-order valence-electron chi connectivity index (χ1n) is 9.96. The molecule has 2 fully saturated rings. The van der Waals surface area contributed by atoms with Crippen LogP contribution in [0.4, 0.5) is 0 Å². The number of hydrogen-bond donors (Lipinski definition) is 1. The fourth-order valence-electron chi connectivity index (χ4n) is 3.82. The van der Waals surface area contributed by atoms with E-state index < -0.39 is 10.0 Å². The number of aromatic nitrogens is 1. The van der Waals surface area contributed by atoms with E-state index in [-0.39, 0.29) is 11.0 Å². The average Bonchev–Trinajstić information content (AvgIpc) is 3.18. The third kappa shape index (κ3) is 4.90. The van der Waals surface area contributed by atoms with E-state index in [9.17, 15) is 8.42 Å². The summed E-state index contributed by atoms with van der Waals surface area (Å²) < 4.78 is 33.1. The van der Waals surface area contributed by atoms with Gasteiger partial charge >= 0.3 is 0 Å². The molecule has 2 aliphatic rings. The molecule has 4 rings (SSSR count). The van der Waals surface area contributed by atoms with Crippen molar-refractivity contribution < 1.29 is 13.2 Å². The molecule has 1 saturated carbocycles. The molecule has 7 heteroatoms. The highest BCUT2D eigenvalue weighted by molar-refractivity contribution is 7.89. The Balaban J connectivity index is 1.19. The third-order valence-electron chi connectivity index (χ3n) is 5.53. The van der Waals surface area contributed by atoms with Crippen LogP contribution in [0, 0.1) is 5.92 Å². The lowest BCUT2D eigenvalue weighted by Crippen LogP contribution is -2.41. The van der Waals surface area contributed by atoms with Gasteiger partial charge in [-0.2, -0.15) is 0 Å².